The molecule has 0 aliphatic carbocycles. The van der Waals surface area contributed by atoms with Gasteiger partial charge in [-0.25, -0.2) is 4.39 Å². The molecule has 5 nitrogen and oxygen atoms in total. The molecule has 0 N–H and O–H groups in total. The van der Waals surface area contributed by atoms with Gasteiger partial charge in [-0.3, -0.25) is 14.9 Å². The number of aldehydes is 1. The predicted molar refractivity (Wildman–Crippen MR) is 74.2 cm³/mol. The van der Waals surface area contributed by atoms with Crippen LogP contribution in [0.5, 0.6) is 5.75 Å². The second-order valence-corrected chi connectivity index (χ2v) is 4.55. The van der Waals surface area contributed by atoms with Crippen LogP contribution in [0.3, 0.4) is 0 Å². The van der Waals surface area contributed by atoms with Gasteiger partial charge in [0.2, 0.25) is 0 Å². The third-order valence-electron chi connectivity index (χ3n) is 2.66. The van der Waals surface area contributed by atoms with Crippen LogP contribution < -0.4 is 4.74 Å². The molecule has 2 rings (SSSR count). The number of rotatable bonds is 5. The van der Waals surface area contributed by atoms with Crippen LogP contribution in [0.15, 0.2) is 36.4 Å². The molecule has 108 valence electrons. The summed E-state index contributed by atoms with van der Waals surface area (Å²) in [5.41, 5.74) is 0.134. The zero-order valence-electron chi connectivity index (χ0n) is 10.6. The second kappa shape index (κ2) is 6.32. The summed E-state index contributed by atoms with van der Waals surface area (Å²) in [4.78, 5) is 20.9. The fourth-order valence-corrected chi connectivity index (χ4v) is 1.98. The number of benzene rings is 2. The highest BCUT2D eigenvalue weighted by Gasteiger charge is 2.12. The minimum Gasteiger partial charge on any atom is -0.487 e. The van der Waals surface area contributed by atoms with E-state index in [0.717, 1.165) is 12.1 Å². The van der Waals surface area contributed by atoms with Crippen molar-refractivity contribution in [2.24, 2.45) is 0 Å². The first-order valence-electron chi connectivity index (χ1n) is 5.81. The predicted octanol–water partition coefficient (Wildman–Crippen LogP) is 3.78. The Hall–Kier alpha value is -2.47. The number of halogens is 2. The van der Waals surface area contributed by atoms with Crippen LogP contribution in [-0.4, -0.2) is 11.2 Å². The Morgan fingerprint density at radius 1 is 1.33 bits per heavy atom. The van der Waals surface area contributed by atoms with E-state index in [1.165, 1.54) is 18.2 Å². The van der Waals surface area contributed by atoms with Gasteiger partial charge in [0.05, 0.1) is 21.6 Å². The molecule has 0 unspecified atom stereocenters. The summed E-state index contributed by atoms with van der Waals surface area (Å²) in [6.07, 6.45) is 0.579. The summed E-state index contributed by atoms with van der Waals surface area (Å²) >= 11 is 5.92. The maximum Gasteiger partial charge on any atom is 0.272 e. The number of hydrogen-bond acceptors (Lipinski definition) is 4. The second-order valence-electron chi connectivity index (χ2n) is 4.14. The van der Waals surface area contributed by atoms with Gasteiger partial charge < -0.3 is 4.74 Å². The molecule has 2 aromatic carbocycles. The average molecular weight is 310 g/mol. The highest BCUT2D eigenvalue weighted by atomic mass is 35.5. The number of para-hydroxylation sites is 1. The summed E-state index contributed by atoms with van der Waals surface area (Å²) < 4.78 is 18.7. The summed E-state index contributed by atoms with van der Waals surface area (Å²) in [5, 5.41) is 10.9. The lowest BCUT2D eigenvalue weighted by Crippen LogP contribution is -2.01. The Labute approximate surface area is 124 Å². The molecule has 0 aliphatic rings. The standard InChI is InChI=1S/C14H9ClFNO4/c15-13-3-1-2-10(7-18)14(13)21-8-9-4-11(16)6-12(5-9)17(19)20/h1-7H,8H2. The van der Waals surface area contributed by atoms with Gasteiger partial charge in [-0.05, 0) is 23.8 Å². The molecule has 0 saturated carbocycles. The number of carbonyl (C=O) groups is 1. The molecular formula is C14H9ClFNO4. The van der Waals surface area contributed by atoms with Crippen molar-refractivity contribution in [2.45, 2.75) is 6.61 Å². The zero-order chi connectivity index (χ0) is 15.4. The molecule has 0 radical (unpaired) electrons. The van der Waals surface area contributed by atoms with Crippen LogP contribution in [0, 0.1) is 15.9 Å². The van der Waals surface area contributed by atoms with Gasteiger partial charge in [0.1, 0.15) is 18.2 Å². The van der Waals surface area contributed by atoms with E-state index in [-0.39, 0.29) is 34.2 Å². The number of nitrogens with zero attached hydrogens (tertiary/aromatic N) is 1. The molecule has 0 amide bonds. The number of hydrogen-bond donors (Lipinski definition) is 0. The van der Waals surface area contributed by atoms with Crippen molar-refractivity contribution in [3.63, 3.8) is 0 Å². The first-order valence-corrected chi connectivity index (χ1v) is 6.19. The number of ether oxygens (including phenoxy) is 1. The molecule has 0 fully saturated rings. The molecule has 0 saturated heterocycles. The molecule has 0 atom stereocenters. The Bertz CT molecular complexity index is 705. The van der Waals surface area contributed by atoms with E-state index in [9.17, 15) is 19.3 Å². The summed E-state index contributed by atoms with van der Waals surface area (Å²) in [6.45, 7) is -0.150. The lowest BCUT2D eigenvalue weighted by Gasteiger charge is -2.10. The third-order valence-corrected chi connectivity index (χ3v) is 2.96. The van der Waals surface area contributed by atoms with Crippen LogP contribution >= 0.6 is 11.6 Å². The quantitative estimate of drug-likeness (QED) is 0.479. The molecule has 2 aromatic rings. The number of carbonyl (C=O) groups excluding carboxylic acids is 1. The summed E-state index contributed by atoms with van der Waals surface area (Å²) in [5.74, 6) is -0.585. The van der Waals surface area contributed by atoms with E-state index in [0.29, 0.717) is 6.29 Å². The van der Waals surface area contributed by atoms with Crippen LogP contribution in [0.1, 0.15) is 15.9 Å². The van der Waals surface area contributed by atoms with E-state index in [2.05, 4.69) is 0 Å². The average Bonchev–Trinajstić information content (AvgIpc) is 2.45. The van der Waals surface area contributed by atoms with Crippen molar-refractivity contribution in [1.29, 1.82) is 0 Å². The van der Waals surface area contributed by atoms with Crippen molar-refractivity contribution >= 4 is 23.6 Å². The number of nitro benzene ring substituents is 1. The molecule has 0 aromatic heterocycles. The van der Waals surface area contributed by atoms with Crippen molar-refractivity contribution in [3.05, 3.63) is 68.5 Å². The topological polar surface area (TPSA) is 69.4 Å². The minimum atomic E-state index is -0.738. The highest BCUT2D eigenvalue weighted by molar-refractivity contribution is 6.32. The zero-order valence-corrected chi connectivity index (χ0v) is 11.3. The lowest BCUT2D eigenvalue weighted by atomic mass is 10.2. The van der Waals surface area contributed by atoms with Gasteiger partial charge in [-0.1, -0.05) is 17.7 Å². The van der Waals surface area contributed by atoms with Crippen molar-refractivity contribution in [2.75, 3.05) is 0 Å². The smallest absolute Gasteiger partial charge is 0.272 e. The minimum absolute atomic E-state index is 0.150. The molecular weight excluding hydrogens is 301 g/mol. The SMILES string of the molecule is O=Cc1cccc(Cl)c1OCc1cc(F)cc([N+](=O)[O-])c1. The van der Waals surface area contributed by atoms with Crippen molar-refractivity contribution in [1.82, 2.24) is 0 Å². The molecule has 7 heteroatoms. The van der Waals surface area contributed by atoms with E-state index in [4.69, 9.17) is 16.3 Å². The Morgan fingerprint density at radius 3 is 2.76 bits per heavy atom. The van der Waals surface area contributed by atoms with Gasteiger partial charge in [0, 0.05) is 6.07 Å². The fourth-order valence-electron chi connectivity index (χ4n) is 1.75. The maximum atomic E-state index is 13.3. The van der Waals surface area contributed by atoms with Gasteiger partial charge in [0.15, 0.2) is 6.29 Å². The van der Waals surface area contributed by atoms with Crippen molar-refractivity contribution < 1.29 is 18.8 Å². The van der Waals surface area contributed by atoms with Crippen molar-refractivity contribution in [3.8, 4) is 5.75 Å². The van der Waals surface area contributed by atoms with E-state index >= 15 is 0 Å². The maximum absolute atomic E-state index is 13.3. The molecule has 21 heavy (non-hydrogen) atoms. The number of non-ortho nitro benzene ring substituents is 1. The third kappa shape index (κ3) is 3.55. The number of nitro groups is 1. The Kier molecular flexibility index (Phi) is 4.49. The van der Waals surface area contributed by atoms with Crippen LogP contribution in [0.4, 0.5) is 10.1 Å². The van der Waals surface area contributed by atoms with Gasteiger partial charge >= 0.3 is 0 Å². The molecule has 0 heterocycles. The summed E-state index contributed by atoms with van der Waals surface area (Å²) in [7, 11) is 0. The fraction of sp³-hybridized carbons (Fsp3) is 0.0714. The molecule has 0 spiro atoms. The van der Waals surface area contributed by atoms with Gasteiger partial charge in [0.25, 0.3) is 5.69 Å². The monoisotopic (exact) mass is 309 g/mol. The first-order chi connectivity index (χ1) is 10.0. The van der Waals surface area contributed by atoms with Gasteiger partial charge in [-0.15, -0.1) is 0 Å². The van der Waals surface area contributed by atoms with Crippen LogP contribution in [0.2, 0.25) is 5.02 Å². The molecule has 0 aliphatic heterocycles. The normalized spacial score (nSPS) is 10.2. The van der Waals surface area contributed by atoms with E-state index in [1.807, 2.05) is 0 Å². The largest absolute Gasteiger partial charge is 0.487 e. The van der Waals surface area contributed by atoms with Crippen LogP contribution in [-0.2, 0) is 6.61 Å². The molecule has 0 bridgehead atoms. The Morgan fingerprint density at radius 2 is 2.10 bits per heavy atom. The van der Waals surface area contributed by atoms with Gasteiger partial charge in [-0.2, -0.15) is 0 Å². The lowest BCUT2D eigenvalue weighted by molar-refractivity contribution is -0.385. The highest BCUT2D eigenvalue weighted by Crippen LogP contribution is 2.28. The summed E-state index contributed by atoms with van der Waals surface area (Å²) in [6, 6.07) is 7.77. The van der Waals surface area contributed by atoms with E-state index in [1.54, 1.807) is 6.07 Å². The first kappa shape index (κ1) is 14.9. The Balaban J connectivity index is 2.25. The van der Waals surface area contributed by atoms with E-state index < -0.39 is 10.7 Å². The van der Waals surface area contributed by atoms with Crippen LogP contribution in [0.25, 0.3) is 0 Å².